The van der Waals surface area contributed by atoms with Gasteiger partial charge in [0.05, 0.1) is 0 Å². The summed E-state index contributed by atoms with van der Waals surface area (Å²) in [7, 11) is -5.18. The van der Waals surface area contributed by atoms with Crippen LogP contribution in [0.3, 0.4) is 0 Å². The van der Waals surface area contributed by atoms with Crippen molar-refractivity contribution in [1.29, 1.82) is 0 Å². The Hall–Kier alpha value is 2.18. The van der Waals surface area contributed by atoms with Gasteiger partial charge in [-0.25, -0.2) is 8.42 Å². The largest absolute Gasteiger partial charge is 1.00 e. The van der Waals surface area contributed by atoms with Gasteiger partial charge in [-0.2, -0.15) is 0 Å². The summed E-state index contributed by atoms with van der Waals surface area (Å²) in [6, 6.07) is 0. The second-order valence-electron chi connectivity index (χ2n) is 0.434. The minimum absolute atomic E-state index is 0. The molecule has 3 N–H and O–H groups in total. The van der Waals surface area contributed by atoms with E-state index >= 15 is 0 Å². The van der Waals surface area contributed by atoms with Crippen molar-refractivity contribution in [2.75, 3.05) is 0 Å². The minimum Gasteiger partial charge on any atom is -1.00 e. The molecule has 0 aromatic heterocycles. The SMILES string of the molecule is O=S(O)S(=O)O.[H-].[Na+].[Na+].[OH-]. The van der Waals surface area contributed by atoms with Crippen LogP contribution in [-0.2, 0) is 20.2 Å². The van der Waals surface area contributed by atoms with Gasteiger partial charge in [0.1, 0.15) is 0 Å². The van der Waals surface area contributed by atoms with E-state index in [9.17, 15) is 8.42 Å². The molecule has 2 unspecified atom stereocenters. The first-order valence-corrected chi connectivity index (χ1v) is 3.60. The van der Waals surface area contributed by atoms with Gasteiger partial charge in [-0.3, -0.25) is 9.11 Å². The molecule has 0 saturated heterocycles. The maximum absolute atomic E-state index is 9.26. The molecular formula is H4Na2O5S2. The molecule has 0 amide bonds. The van der Waals surface area contributed by atoms with Crippen molar-refractivity contribution in [3.63, 3.8) is 0 Å². The van der Waals surface area contributed by atoms with Gasteiger partial charge in [0.15, 0.2) is 0 Å². The van der Waals surface area contributed by atoms with E-state index in [-0.39, 0.29) is 66.0 Å². The van der Waals surface area contributed by atoms with Crippen molar-refractivity contribution in [2.24, 2.45) is 0 Å². The standard InChI is InChI=1S/2Na.H2O4S2.H2O.H/c;;1-5(2)6(3)4;;/h;;(H,1,2)(H,3,4);1H2;/q2*+1;;;-1/p-1. The Kier molecular flexibility index (Phi) is 32.0. The second-order valence-corrected chi connectivity index (χ2v) is 3.01. The van der Waals surface area contributed by atoms with E-state index in [0.29, 0.717) is 0 Å². The molecule has 0 aromatic rings. The third-order valence-electron chi connectivity index (χ3n) is 0.122. The van der Waals surface area contributed by atoms with E-state index in [1.807, 2.05) is 0 Å². The van der Waals surface area contributed by atoms with Crippen LogP contribution in [-0.4, -0.2) is 23.0 Å². The Morgan fingerprint density at radius 2 is 1.11 bits per heavy atom. The smallest absolute Gasteiger partial charge is 1.00 e. The van der Waals surface area contributed by atoms with E-state index in [2.05, 4.69) is 0 Å². The van der Waals surface area contributed by atoms with Crippen LogP contribution in [0.25, 0.3) is 0 Å². The Balaban J connectivity index is -0.0000000208. The normalized spacial score (nSPS) is 13.1. The van der Waals surface area contributed by atoms with Crippen molar-refractivity contribution in [1.82, 2.24) is 0 Å². The van der Waals surface area contributed by atoms with Gasteiger partial charge in [0, 0.05) is 0 Å². The van der Waals surface area contributed by atoms with Crippen LogP contribution >= 0.6 is 0 Å². The zero-order valence-corrected chi connectivity index (χ0v) is 10.6. The first kappa shape index (κ1) is 22.5. The molecule has 2 atom stereocenters. The van der Waals surface area contributed by atoms with Crippen molar-refractivity contribution in [3.8, 4) is 0 Å². The average molecular weight is 194 g/mol. The Bertz CT molecular complexity index is 83.6. The second kappa shape index (κ2) is 12.8. The van der Waals surface area contributed by atoms with Gasteiger partial charge in [0.2, 0.25) is 0 Å². The molecule has 9 heavy (non-hydrogen) atoms. The summed E-state index contributed by atoms with van der Waals surface area (Å²) < 4.78 is 33.6. The molecule has 0 spiro atoms. The molecule has 0 fully saturated rings. The van der Waals surface area contributed by atoms with E-state index in [1.54, 1.807) is 0 Å². The van der Waals surface area contributed by atoms with Crippen molar-refractivity contribution < 1.29 is 83.5 Å². The molecule has 0 rings (SSSR count). The van der Waals surface area contributed by atoms with Gasteiger partial charge in [-0.05, 0) is 0 Å². The van der Waals surface area contributed by atoms with Crippen LogP contribution in [0.2, 0.25) is 0 Å². The van der Waals surface area contributed by atoms with E-state index in [4.69, 9.17) is 9.11 Å². The molecule has 0 saturated carbocycles. The molecule has 0 aliphatic carbocycles. The molecule has 0 aliphatic heterocycles. The van der Waals surface area contributed by atoms with E-state index in [1.165, 1.54) is 0 Å². The van der Waals surface area contributed by atoms with E-state index in [0.717, 1.165) is 0 Å². The monoisotopic (exact) mass is 194 g/mol. The number of rotatable bonds is 1. The van der Waals surface area contributed by atoms with Crippen LogP contribution in [0.15, 0.2) is 0 Å². The Morgan fingerprint density at radius 1 is 1.00 bits per heavy atom. The molecular weight excluding hydrogens is 190 g/mol. The molecule has 0 radical (unpaired) electrons. The average Bonchev–Trinajstić information content (AvgIpc) is 1.36. The summed E-state index contributed by atoms with van der Waals surface area (Å²) in [5.74, 6) is 0. The van der Waals surface area contributed by atoms with Crippen LogP contribution < -0.4 is 59.1 Å². The van der Waals surface area contributed by atoms with Crippen molar-refractivity contribution >= 4 is 20.2 Å². The van der Waals surface area contributed by atoms with Gasteiger partial charge < -0.3 is 6.90 Å². The minimum atomic E-state index is -2.59. The van der Waals surface area contributed by atoms with Crippen LogP contribution in [0.1, 0.15) is 1.43 Å². The quantitative estimate of drug-likeness (QED) is 0.245. The van der Waals surface area contributed by atoms with Gasteiger partial charge >= 0.3 is 59.1 Å². The summed E-state index contributed by atoms with van der Waals surface area (Å²) >= 11 is 0. The van der Waals surface area contributed by atoms with Crippen molar-refractivity contribution in [3.05, 3.63) is 0 Å². The maximum atomic E-state index is 9.26. The van der Waals surface area contributed by atoms with Gasteiger partial charge in [-0.15, -0.1) is 0 Å². The molecule has 9 heteroatoms. The van der Waals surface area contributed by atoms with Gasteiger partial charge in [0.25, 0.3) is 20.2 Å². The van der Waals surface area contributed by atoms with Crippen LogP contribution in [0, 0.1) is 0 Å². The molecule has 48 valence electrons. The van der Waals surface area contributed by atoms with Crippen molar-refractivity contribution in [2.45, 2.75) is 0 Å². The predicted octanol–water partition coefficient (Wildman–Crippen LogP) is -6.71. The topological polar surface area (TPSA) is 105 Å². The Morgan fingerprint density at radius 3 is 1.11 bits per heavy atom. The molecule has 0 aromatic carbocycles. The first-order chi connectivity index (χ1) is 2.64. The first-order valence-electron chi connectivity index (χ1n) is 0.865. The number of hydrogen-bond donors (Lipinski definition) is 2. The van der Waals surface area contributed by atoms with Crippen LogP contribution in [0.5, 0.6) is 0 Å². The van der Waals surface area contributed by atoms with Crippen LogP contribution in [0.4, 0.5) is 0 Å². The summed E-state index contributed by atoms with van der Waals surface area (Å²) in [6.45, 7) is 0. The third-order valence-corrected chi connectivity index (χ3v) is 1.10. The summed E-state index contributed by atoms with van der Waals surface area (Å²) in [5, 5.41) is 0. The van der Waals surface area contributed by atoms with Gasteiger partial charge in [-0.1, -0.05) is 0 Å². The zero-order valence-electron chi connectivity index (χ0n) is 5.97. The fraction of sp³-hybridized carbons (Fsp3) is 0. The summed E-state index contributed by atoms with van der Waals surface area (Å²) in [5.41, 5.74) is 0. The predicted molar refractivity (Wildman–Crippen MR) is 24.6 cm³/mol. The molecule has 0 aliphatic rings. The summed E-state index contributed by atoms with van der Waals surface area (Å²) in [4.78, 5) is 0. The maximum Gasteiger partial charge on any atom is 1.00 e. The zero-order chi connectivity index (χ0) is 5.15. The van der Waals surface area contributed by atoms with E-state index < -0.39 is 20.2 Å². The molecule has 5 nitrogen and oxygen atoms in total. The third kappa shape index (κ3) is 17.8. The fourth-order valence-corrected chi connectivity index (χ4v) is 0. The molecule has 0 bridgehead atoms. The molecule has 0 heterocycles. The fourth-order valence-electron chi connectivity index (χ4n) is 0. The summed E-state index contributed by atoms with van der Waals surface area (Å²) in [6.07, 6.45) is 0. The Labute approximate surface area is 102 Å². The number of hydrogen-bond acceptors (Lipinski definition) is 3.